The summed E-state index contributed by atoms with van der Waals surface area (Å²) in [6, 6.07) is 8.15. The third-order valence-corrected chi connectivity index (χ3v) is 3.73. The van der Waals surface area contributed by atoms with Gasteiger partial charge >= 0.3 is 0 Å². The van der Waals surface area contributed by atoms with Gasteiger partial charge in [0.25, 0.3) is 0 Å². The number of anilines is 1. The number of aliphatic hydroxyl groups is 1. The van der Waals surface area contributed by atoms with E-state index >= 15 is 0 Å². The van der Waals surface area contributed by atoms with Gasteiger partial charge in [0.15, 0.2) is 0 Å². The number of fused-ring (bicyclic) bond motifs is 1. The van der Waals surface area contributed by atoms with E-state index in [1.807, 2.05) is 28.0 Å². The van der Waals surface area contributed by atoms with E-state index in [1.54, 1.807) is 0 Å². The van der Waals surface area contributed by atoms with Gasteiger partial charge in [-0.2, -0.15) is 0 Å². The number of benzene rings is 1. The largest absolute Gasteiger partial charge is 0.395 e. The average molecular weight is 276 g/mol. The molecule has 4 heteroatoms. The molecular weight excluding hydrogens is 252 g/mol. The van der Waals surface area contributed by atoms with Gasteiger partial charge in [0.1, 0.15) is 0 Å². The van der Waals surface area contributed by atoms with Gasteiger partial charge in [0.05, 0.1) is 13.2 Å². The maximum atomic E-state index is 12.5. The highest BCUT2D eigenvalue weighted by molar-refractivity contribution is 5.95. The summed E-state index contributed by atoms with van der Waals surface area (Å²) in [5.74, 6) is 0.138. The predicted molar refractivity (Wildman–Crippen MR) is 80.9 cm³/mol. The van der Waals surface area contributed by atoms with Crippen LogP contribution in [0.15, 0.2) is 24.3 Å². The smallest absolute Gasteiger partial charge is 0.241 e. The zero-order valence-electron chi connectivity index (χ0n) is 12.2. The lowest BCUT2D eigenvalue weighted by atomic mass is 10.0. The van der Waals surface area contributed by atoms with Crippen LogP contribution in [0.4, 0.5) is 5.69 Å². The van der Waals surface area contributed by atoms with E-state index in [-0.39, 0.29) is 12.5 Å². The predicted octanol–water partition coefficient (Wildman–Crippen LogP) is 1.67. The SMILES string of the molecule is CCCN(CCO)CC(=O)N1CCCc2ccccc21. The summed E-state index contributed by atoms with van der Waals surface area (Å²) in [6.07, 6.45) is 3.07. The molecule has 4 nitrogen and oxygen atoms in total. The van der Waals surface area contributed by atoms with Crippen molar-refractivity contribution in [2.24, 2.45) is 0 Å². The lowest BCUT2D eigenvalue weighted by molar-refractivity contribution is -0.119. The molecule has 0 fully saturated rings. The minimum absolute atomic E-state index is 0.101. The number of aliphatic hydroxyl groups excluding tert-OH is 1. The van der Waals surface area contributed by atoms with Crippen molar-refractivity contribution in [2.75, 3.05) is 37.7 Å². The lowest BCUT2D eigenvalue weighted by Gasteiger charge is -2.31. The molecule has 1 aromatic carbocycles. The summed E-state index contributed by atoms with van der Waals surface area (Å²) in [7, 11) is 0. The number of amides is 1. The number of para-hydroxylation sites is 1. The molecule has 0 spiro atoms. The molecule has 1 heterocycles. The van der Waals surface area contributed by atoms with Crippen LogP contribution in [-0.4, -0.2) is 48.7 Å². The molecule has 1 aliphatic heterocycles. The first-order valence-electron chi connectivity index (χ1n) is 7.47. The van der Waals surface area contributed by atoms with Crippen LogP contribution in [0.25, 0.3) is 0 Å². The first-order valence-corrected chi connectivity index (χ1v) is 7.47. The fraction of sp³-hybridized carbons (Fsp3) is 0.562. The molecule has 1 amide bonds. The zero-order valence-corrected chi connectivity index (χ0v) is 12.2. The molecule has 1 N–H and O–H groups in total. The fourth-order valence-electron chi connectivity index (χ4n) is 2.80. The quantitative estimate of drug-likeness (QED) is 0.859. The summed E-state index contributed by atoms with van der Waals surface area (Å²) in [6.45, 7) is 4.80. The van der Waals surface area contributed by atoms with Crippen molar-refractivity contribution < 1.29 is 9.90 Å². The summed E-state index contributed by atoms with van der Waals surface area (Å²) >= 11 is 0. The number of carbonyl (C=O) groups is 1. The van der Waals surface area contributed by atoms with Gasteiger partial charge in [0.2, 0.25) is 5.91 Å². The van der Waals surface area contributed by atoms with Crippen molar-refractivity contribution in [2.45, 2.75) is 26.2 Å². The van der Waals surface area contributed by atoms with E-state index in [0.717, 1.165) is 38.0 Å². The lowest BCUT2D eigenvalue weighted by Crippen LogP contribution is -2.43. The van der Waals surface area contributed by atoms with Gasteiger partial charge < -0.3 is 10.0 Å². The van der Waals surface area contributed by atoms with Crippen molar-refractivity contribution >= 4 is 11.6 Å². The molecule has 0 atom stereocenters. The second kappa shape index (κ2) is 7.41. The van der Waals surface area contributed by atoms with Crippen molar-refractivity contribution in [1.29, 1.82) is 0 Å². The van der Waals surface area contributed by atoms with Gasteiger partial charge in [-0.3, -0.25) is 9.69 Å². The molecule has 0 unspecified atom stereocenters. The highest BCUT2D eigenvalue weighted by atomic mass is 16.3. The van der Waals surface area contributed by atoms with E-state index in [2.05, 4.69) is 13.0 Å². The monoisotopic (exact) mass is 276 g/mol. The molecule has 0 aliphatic carbocycles. The average Bonchev–Trinajstić information content (AvgIpc) is 2.47. The zero-order chi connectivity index (χ0) is 14.4. The van der Waals surface area contributed by atoms with E-state index in [1.165, 1.54) is 5.56 Å². The van der Waals surface area contributed by atoms with E-state index in [9.17, 15) is 4.79 Å². The number of rotatable bonds is 6. The van der Waals surface area contributed by atoms with Crippen molar-refractivity contribution in [3.05, 3.63) is 29.8 Å². The standard InChI is InChI=1S/C16H24N2O2/c1-2-9-17(11-12-19)13-16(20)18-10-5-7-14-6-3-4-8-15(14)18/h3-4,6,8,19H,2,5,7,9-13H2,1H3. The molecule has 0 radical (unpaired) electrons. The molecule has 110 valence electrons. The van der Waals surface area contributed by atoms with Crippen LogP contribution in [0.2, 0.25) is 0 Å². The number of hydrogen-bond donors (Lipinski definition) is 1. The highest BCUT2D eigenvalue weighted by Gasteiger charge is 2.23. The fourth-order valence-corrected chi connectivity index (χ4v) is 2.80. The Labute approximate surface area is 121 Å². The Bertz CT molecular complexity index is 442. The minimum atomic E-state index is 0.101. The second-order valence-corrected chi connectivity index (χ2v) is 5.28. The Hall–Kier alpha value is -1.39. The first-order chi connectivity index (χ1) is 9.76. The minimum Gasteiger partial charge on any atom is -0.395 e. The van der Waals surface area contributed by atoms with Crippen molar-refractivity contribution in [3.8, 4) is 0 Å². The van der Waals surface area contributed by atoms with Crippen LogP contribution in [0.5, 0.6) is 0 Å². The summed E-state index contributed by atoms with van der Waals surface area (Å²) in [4.78, 5) is 16.5. The molecule has 0 bridgehead atoms. The van der Waals surface area contributed by atoms with Crippen molar-refractivity contribution in [3.63, 3.8) is 0 Å². The second-order valence-electron chi connectivity index (χ2n) is 5.28. The van der Waals surface area contributed by atoms with Crippen LogP contribution >= 0.6 is 0 Å². The molecule has 0 saturated heterocycles. The van der Waals surface area contributed by atoms with Crippen LogP contribution in [0.1, 0.15) is 25.3 Å². The Morgan fingerprint density at radius 1 is 1.35 bits per heavy atom. The topological polar surface area (TPSA) is 43.8 Å². The van der Waals surface area contributed by atoms with Crippen LogP contribution < -0.4 is 4.90 Å². The van der Waals surface area contributed by atoms with Crippen LogP contribution in [-0.2, 0) is 11.2 Å². The maximum absolute atomic E-state index is 12.5. The van der Waals surface area contributed by atoms with Gasteiger partial charge in [0, 0.05) is 18.8 Å². The van der Waals surface area contributed by atoms with Crippen molar-refractivity contribution in [1.82, 2.24) is 4.90 Å². The normalized spacial score (nSPS) is 14.4. The molecule has 0 aromatic heterocycles. The molecule has 2 rings (SSSR count). The number of hydrogen-bond acceptors (Lipinski definition) is 3. The molecule has 20 heavy (non-hydrogen) atoms. The first kappa shape index (κ1) is 15.0. The summed E-state index contributed by atoms with van der Waals surface area (Å²) in [5, 5.41) is 9.08. The summed E-state index contributed by atoms with van der Waals surface area (Å²) < 4.78 is 0. The number of carbonyl (C=O) groups excluding carboxylic acids is 1. The van der Waals surface area contributed by atoms with Crippen LogP contribution in [0, 0.1) is 0 Å². The maximum Gasteiger partial charge on any atom is 0.241 e. The molecular formula is C16H24N2O2. The Balaban J connectivity index is 2.06. The van der Waals surface area contributed by atoms with Crippen LogP contribution in [0.3, 0.4) is 0 Å². The van der Waals surface area contributed by atoms with Gasteiger partial charge in [-0.25, -0.2) is 0 Å². The third-order valence-electron chi connectivity index (χ3n) is 3.73. The third kappa shape index (κ3) is 3.58. The number of nitrogens with zero attached hydrogens (tertiary/aromatic N) is 2. The Morgan fingerprint density at radius 3 is 2.90 bits per heavy atom. The Kier molecular flexibility index (Phi) is 5.56. The van der Waals surface area contributed by atoms with Gasteiger partial charge in [-0.1, -0.05) is 25.1 Å². The highest BCUT2D eigenvalue weighted by Crippen LogP contribution is 2.26. The molecule has 1 aromatic rings. The van der Waals surface area contributed by atoms with E-state index < -0.39 is 0 Å². The molecule has 1 aliphatic rings. The molecule has 0 saturated carbocycles. The Morgan fingerprint density at radius 2 is 2.15 bits per heavy atom. The summed E-state index contributed by atoms with van der Waals surface area (Å²) in [5.41, 5.74) is 2.32. The van der Waals surface area contributed by atoms with E-state index in [0.29, 0.717) is 13.1 Å². The van der Waals surface area contributed by atoms with Gasteiger partial charge in [-0.15, -0.1) is 0 Å². The van der Waals surface area contributed by atoms with E-state index in [4.69, 9.17) is 5.11 Å². The number of aryl methyl sites for hydroxylation is 1. The van der Waals surface area contributed by atoms with Gasteiger partial charge in [-0.05, 0) is 37.4 Å².